The zero-order valence-corrected chi connectivity index (χ0v) is 14.4. The second-order valence-electron chi connectivity index (χ2n) is 5.60. The first kappa shape index (κ1) is 20.2. The van der Waals surface area contributed by atoms with Crippen molar-refractivity contribution in [3.05, 3.63) is 77.5 Å². The molecule has 0 atom stereocenters. The molecule has 0 fully saturated rings. The highest BCUT2D eigenvalue weighted by molar-refractivity contribution is 6.03. The molecule has 1 amide bonds. The highest BCUT2D eigenvalue weighted by atomic mass is 19.3. The van der Waals surface area contributed by atoms with Crippen molar-refractivity contribution in [2.24, 2.45) is 0 Å². The zero-order chi connectivity index (χ0) is 21.0. The lowest BCUT2D eigenvalue weighted by Crippen LogP contribution is -2.13. The highest BCUT2D eigenvalue weighted by Crippen LogP contribution is 2.28. The van der Waals surface area contributed by atoms with Crippen LogP contribution in [-0.2, 0) is 6.61 Å². The Labute approximate surface area is 160 Å². The number of carbonyl (C=O) groups is 1. The number of rotatable bonds is 7. The minimum absolute atomic E-state index is 0.141. The van der Waals surface area contributed by atoms with Gasteiger partial charge >= 0.3 is 6.61 Å². The lowest BCUT2D eigenvalue weighted by molar-refractivity contribution is -0.0495. The number of alkyl halides is 2. The quantitative estimate of drug-likeness (QED) is 0.546. The average molecular weight is 413 g/mol. The third-order valence-corrected chi connectivity index (χ3v) is 3.56. The maximum Gasteiger partial charge on any atom is 0.387 e. The van der Waals surface area contributed by atoms with Crippen molar-refractivity contribution in [1.82, 2.24) is 0 Å². The molecule has 0 saturated carbocycles. The van der Waals surface area contributed by atoms with Crippen molar-refractivity contribution in [2.45, 2.75) is 13.2 Å². The van der Waals surface area contributed by atoms with E-state index in [0.717, 1.165) is 24.3 Å². The van der Waals surface area contributed by atoms with Gasteiger partial charge in [0, 0.05) is 12.1 Å². The number of carbonyl (C=O) groups excluding carboxylic acids is 1. The van der Waals surface area contributed by atoms with Crippen LogP contribution in [0.1, 0.15) is 16.3 Å². The third-order valence-electron chi connectivity index (χ3n) is 3.56. The molecule has 0 aliphatic heterocycles. The fourth-order valence-corrected chi connectivity index (χ4v) is 2.30. The highest BCUT2D eigenvalue weighted by Gasteiger charge is 2.17. The van der Waals surface area contributed by atoms with Gasteiger partial charge in [-0.05, 0) is 36.4 Å². The van der Waals surface area contributed by atoms with Crippen LogP contribution in [0, 0.1) is 17.5 Å². The topological polar surface area (TPSA) is 60.7 Å². The van der Waals surface area contributed by atoms with E-state index in [4.69, 9.17) is 9.15 Å². The van der Waals surface area contributed by atoms with Crippen molar-refractivity contribution in [3.8, 4) is 11.5 Å². The molecule has 0 bridgehead atoms. The summed E-state index contributed by atoms with van der Waals surface area (Å²) in [6.45, 7) is -3.47. The van der Waals surface area contributed by atoms with Gasteiger partial charge < -0.3 is 19.2 Å². The van der Waals surface area contributed by atoms with E-state index in [1.54, 1.807) is 0 Å². The third kappa shape index (κ3) is 5.24. The van der Waals surface area contributed by atoms with Gasteiger partial charge in [-0.25, -0.2) is 13.2 Å². The molecule has 152 valence electrons. The maximum atomic E-state index is 13.5. The summed E-state index contributed by atoms with van der Waals surface area (Å²) < 4.78 is 79.1. The van der Waals surface area contributed by atoms with Gasteiger partial charge in [-0.3, -0.25) is 4.79 Å². The van der Waals surface area contributed by atoms with Crippen molar-refractivity contribution < 1.29 is 40.6 Å². The van der Waals surface area contributed by atoms with Crippen molar-refractivity contribution in [3.63, 3.8) is 0 Å². The molecule has 0 radical (unpaired) electrons. The normalized spacial score (nSPS) is 10.8. The Hall–Kier alpha value is -3.56. The average Bonchev–Trinajstić information content (AvgIpc) is 3.12. The maximum absolute atomic E-state index is 13.5. The van der Waals surface area contributed by atoms with Crippen molar-refractivity contribution >= 4 is 11.6 Å². The minimum Gasteiger partial charge on any atom is -0.483 e. The lowest BCUT2D eigenvalue weighted by atomic mass is 10.2. The Bertz CT molecular complexity index is 1020. The van der Waals surface area contributed by atoms with Gasteiger partial charge in [0.1, 0.15) is 24.0 Å². The van der Waals surface area contributed by atoms with Crippen LogP contribution in [0.2, 0.25) is 0 Å². The molecular formula is C19H12F5NO4. The Morgan fingerprint density at radius 2 is 1.69 bits per heavy atom. The van der Waals surface area contributed by atoms with Crippen LogP contribution in [0.5, 0.6) is 11.5 Å². The molecule has 0 aliphatic rings. The molecule has 3 rings (SSSR count). The summed E-state index contributed by atoms with van der Waals surface area (Å²) in [7, 11) is 0. The Kier molecular flexibility index (Phi) is 6.01. The van der Waals surface area contributed by atoms with Gasteiger partial charge in [0.2, 0.25) is 0 Å². The van der Waals surface area contributed by atoms with E-state index in [1.165, 1.54) is 12.1 Å². The Morgan fingerprint density at radius 1 is 0.966 bits per heavy atom. The summed E-state index contributed by atoms with van der Waals surface area (Å²) >= 11 is 0. The monoisotopic (exact) mass is 413 g/mol. The van der Waals surface area contributed by atoms with Gasteiger partial charge in [0.25, 0.3) is 5.91 Å². The number of anilines is 1. The molecule has 0 aliphatic carbocycles. The van der Waals surface area contributed by atoms with Gasteiger partial charge in [0.05, 0.1) is 5.69 Å². The van der Waals surface area contributed by atoms with Gasteiger partial charge in [-0.1, -0.05) is 0 Å². The molecule has 5 nitrogen and oxygen atoms in total. The Balaban J connectivity index is 1.66. The molecule has 0 spiro atoms. The number of benzene rings is 2. The van der Waals surface area contributed by atoms with E-state index in [2.05, 4.69) is 10.1 Å². The fraction of sp³-hybridized carbons (Fsp3) is 0.105. The molecule has 29 heavy (non-hydrogen) atoms. The largest absolute Gasteiger partial charge is 0.483 e. The molecule has 1 aromatic heterocycles. The smallest absolute Gasteiger partial charge is 0.387 e. The molecule has 0 saturated heterocycles. The van der Waals surface area contributed by atoms with E-state index in [9.17, 15) is 26.7 Å². The summed E-state index contributed by atoms with van der Waals surface area (Å²) in [5.74, 6) is -4.17. The second-order valence-corrected chi connectivity index (χ2v) is 5.60. The summed E-state index contributed by atoms with van der Waals surface area (Å²) in [6, 6.07) is 8.10. The number of hydrogen-bond acceptors (Lipinski definition) is 4. The summed E-state index contributed by atoms with van der Waals surface area (Å²) in [4.78, 5) is 12.2. The van der Waals surface area contributed by atoms with E-state index in [-0.39, 0.29) is 29.6 Å². The second kappa shape index (κ2) is 8.63. The van der Waals surface area contributed by atoms with Crippen LogP contribution < -0.4 is 14.8 Å². The summed E-state index contributed by atoms with van der Waals surface area (Å²) in [5, 5.41) is 2.26. The van der Waals surface area contributed by atoms with Gasteiger partial charge in [-0.2, -0.15) is 8.78 Å². The van der Waals surface area contributed by atoms with Gasteiger partial charge in [0.15, 0.2) is 23.1 Å². The SMILES string of the molecule is O=C(Nc1ccc(F)cc1OC(F)F)c1ccc(COc2ccc(F)cc2F)o1. The number of amides is 1. The predicted octanol–water partition coefficient (Wildman–Crippen LogP) is 5.13. The zero-order valence-electron chi connectivity index (χ0n) is 14.4. The number of nitrogens with one attached hydrogen (secondary N) is 1. The van der Waals surface area contributed by atoms with Gasteiger partial charge in [-0.15, -0.1) is 0 Å². The Morgan fingerprint density at radius 3 is 2.41 bits per heavy atom. The van der Waals surface area contributed by atoms with E-state index in [1.807, 2.05) is 0 Å². The van der Waals surface area contributed by atoms with Crippen LogP contribution in [0.15, 0.2) is 52.9 Å². The van der Waals surface area contributed by atoms with Crippen molar-refractivity contribution in [2.75, 3.05) is 5.32 Å². The molecule has 1 heterocycles. The van der Waals surface area contributed by atoms with Crippen LogP contribution in [0.4, 0.5) is 27.6 Å². The molecule has 2 aromatic carbocycles. The number of furan rings is 1. The van der Waals surface area contributed by atoms with E-state index >= 15 is 0 Å². The van der Waals surface area contributed by atoms with Crippen molar-refractivity contribution in [1.29, 1.82) is 0 Å². The first-order valence-electron chi connectivity index (χ1n) is 8.04. The van der Waals surface area contributed by atoms with E-state index in [0.29, 0.717) is 12.1 Å². The van der Waals surface area contributed by atoms with Crippen LogP contribution in [0.3, 0.4) is 0 Å². The van der Waals surface area contributed by atoms with Crippen LogP contribution >= 0.6 is 0 Å². The first-order valence-corrected chi connectivity index (χ1v) is 8.04. The minimum atomic E-state index is -3.22. The fourth-order valence-electron chi connectivity index (χ4n) is 2.30. The predicted molar refractivity (Wildman–Crippen MR) is 90.4 cm³/mol. The molecule has 0 unspecified atom stereocenters. The molecular weight excluding hydrogens is 401 g/mol. The first-order chi connectivity index (χ1) is 13.8. The standard InChI is InChI=1S/C19H12F5NO4/c20-10-2-5-15(13(22)7-10)27-9-12-3-6-16(28-12)18(26)25-14-4-1-11(21)8-17(14)29-19(23)24/h1-8,19H,9H2,(H,25,26). The summed E-state index contributed by atoms with van der Waals surface area (Å²) in [6.07, 6.45) is 0. The van der Waals surface area contributed by atoms with Crippen LogP contribution in [-0.4, -0.2) is 12.5 Å². The number of halogens is 5. The number of hydrogen-bond donors (Lipinski definition) is 1. The number of ether oxygens (including phenoxy) is 2. The molecule has 1 N–H and O–H groups in total. The van der Waals surface area contributed by atoms with Crippen LogP contribution in [0.25, 0.3) is 0 Å². The van der Waals surface area contributed by atoms with E-state index < -0.39 is 35.7 Å². The molecule has 3 aromatic rings. The summed E-state index contributed by atoms with van der Waals surface area (Å²) in [5.41, 5.74) is -0.195. The molecule has 10 heteroatoms. The lowest BCUT2D eigenvalue weighted by Gasteiger charge is -2.11.